The molecule has 0 spiro atoms. The van der Waals surface area contributed by atoms with Crippen LogP contribution in [0.5, 0.6) is 11.5 Å². The van der Waals surface area contributed by atoms with Gasteiger partial charge in [0.15, 0.2) is 5.75 Å². The molecule has 1 aliphatic heterocycles. The van der Waals surface area contributed by atoms with Gasteiger partial charge < -0.3 is 10.1 Å². The number of ether oxygens (including phenoxy) is 1. The Morgan fingerprint density at radius 3 is 2.52 bits per heavy atom. The number of amides is 1. The molecular formula is C23H24N2O4S2. The van der Waals surface area contributed by atoms with Gasteiger partial charge in [0.05, 0.1) is 17.0 Å². The van der Waals surface area contributed by atoms with Gasteiger partial charge in [-0.1, -0.05) is 24.6 Å². The lowest BCUT2D eigenvalue weighted by atomic mass is 10.2. The van der Waals surface area contributed by atoms with E-state index in [0.717, 1.165) is 24.8 Å². The largest absolute Gasteiger partial charge is 0.455 e. The molecule has 0 saturated carbocycles. The van der Waals surface area contributed by atoms with E-state index in [-0.39, 0.29) is 17.2 Å². The first-order chi connectivity index (χ1) is 15.0. The third-order valence-electron chi connectivity index (χ3n) is 5.09. The lowest BCUT2D eigenvalue weighted by Gasteiger charge is -2.26. The van der Waals surface area contributed by atoms with Crippen molar-refractivity contribution in [3.8, 4) is 11.5 Å². The SMILES string of the molecule is O=C(Cc1ccsc1)Nc1cc(S(=O)(=O)N2CCCCC2)ccc1Oc1ccccc1. The molecule has 0 aliphatic carbocycles. The predicted molar refractivity (Wildman–Crippen MR) is 122 cm³/mol. The number of anilines is 1. The van der Waals surface area contributed by atoms with Crippen molar-refractivity contribution in [2.24, 2.45) is 0 Å². The van der Waals surface area contributed by atoms with Gasteiger partial charge in [-0.05, 0) is 65.6 Å². The monoisotopic (exact) mass is 456 g/mol. The molecule has 0 atom stereocenters. The van der Waals surface area contributed by atoms with Gasteiger partial charge in [0.1, 0.15) is 5.75 Å². The van der Waals surface area contributed by atoms with Crippen LogP contribution in [0, 0.1) is 0 Å². The minimum absolute atomic E-state index is 0.153. The molecular weight excluding hydrogens is 432 g/mol. The van der Waals surface area contributed by atoms with Crippen molar-refractivity contribution < 1.29 is 17.9 Å². The smallest absolute Gasteiger partial charge is 0.243 e. The van der Waals surface area contributed by atoms with Crippen LogP contribution in [-0.2, 0) is 21.2 Å². The van der Waals surface area contributed by atoms with Crippen LogP contribution in [0.1, 0.15) is 24.8 Å². The number of carbonyl (C=O) groups is 1. The van der Waals surface area contributed by atoms with Gasteiger partial charge in [-0.25, -0.2) is 8.42 Å². The molecule has 1 aliphatic rings. The van der Waals surface area contributed by atoms with E-state index < -0.39 is 10.0 Å². The van der Waals surface area contributed by atoms with Crippen LogP contribution in [0.3, 0.4) is 0 Å². The molecule has 3 aromatic rings. The van der Waals surface area contributed by atoms with Gasteiger partial charge in [0.25, 0.3) is 0 Å². The minimum atomic E-state index is -3.63. The fourth-order valence-electron chi connectivity index (χ4n) is 3.50. The van der Waals surface area contributed by atoms with Crippen LogP contribution < -0.4 is 10.1 Å². The summed E-state index contributed by atoms with van der Waals surface area (Å²) >= 11 is 1.52. The Hall–Kier alpha value is -2.68. The number of benzene rings is 2. The summed E-state index contributed by atoms with van der Waals surface area (Å²) in [6.07, 6.45) is 2.97. The normalized spacial score (nSPS) is 14.8. The highest BCUT2D eigenvalue weighted by Crippen LogP contribution is 2.33. The fraction of sp³-hybridized carbons (Fsp3) is 0.261. The van der Waals surface area contributed by atoms with Gasteiger partial charge >= 0.3 is 0 Å². The Labute approximate surface area is 186 Å². The summed E-state index contributed by atoms with van der Waals surface area (Å²) in [5.41, 5.74) is 1.24. The maximum atomic E-state index is 13.1. The highest BCUT2D eigenvalue weighted by Gasteiger charge is 2.27. The summed E-state index contributed by atoms with van der Waals surface area (Å²) in [6.45, 7) is 1.04. The predicted octanol–water partition coefficient (Wildman–Crippen LogP) is 4.90. The van der Waals surface area contributed by atoms with Crippen LogP contribution in [0.15, 0.2) is 70.3 Å². The zero-order valence-electron chi connectivity index (χ0n) is 17.0. The van der Waals surface area contributed by atoms with Crippen molar-refractivity contribution in [3.05, 3.63) is 70.9 Å². The molecule has 162 valence electrons. The van der Waals surface area contributed by atoms with E-state index >= 15 is 0 Å². The summed E-state index contributed by atoms with van der Waals surface area (Å²) in [7, 11) is -3.63. The van der Waals surface area contributed by atoms with E-state index in [1.165, 1.54) is 27.8 Å². The summed E-state index contributed by atoms with van der Waals surface area (Å²) < 4.78 is 33.7. The number of hydrogen-bond acceptors (Lipinski definition) is 5. The topological polar surface area (TPSA) is 75.7 Å². The van der Waals surface area contributed by atoms with Crippen LogP contribution in [0.4, 0.5) is 5.69 Å². The second-order valence-electron chi connectivity index (χ2n) is 7.39. The number of thiophene rings is 1. The molecule has 2 heterocycles. The number of para-hydroxylation sites is 1. The van der Waals surface area contributed by atoms with Crippen molar-refractivity contribution >= 4 is 33.0 Å². The molecule has 0 bridgehead atoms. The molecule has 1 aromatic heterocycles. The molecule has 1 amide bonds. The molecule has 0 unspecified atom stereocenters. The average Bonchev–Trinajstić information content (AvgIpc) is 3.29. The first kappa shape index (κ1) is 21.5. The first-order valence-electron chi connectivity index (χ1n) is 10.2. The zero-order chi connectivity index (χ0) is 21.7. The fourth-order valence-corrected chi connectivity index (χ4v) is 5.71. The molecule has 2 aromatic carbocycles. The average molecular weight is 457 g/mol. The van der Waals surface area contributed by atoms with Gasteiger partial charge in [0.2, 0.25) is 15.9 Å². The summed E-state index contributed by atoms with van der Waals surface area (Å²) in [5.74, 6) is 0.758. The maximum Gasteiger partial charge on any atom is 0.243 e. The zero-order valence-corrected chi connectivity index (χ0v) is 18.6. The third-order valence-corrected chi connectivity index (χ3v) is 7.72. The molecule has 31 heavy (non-hydrogen) atoms. The van der Waals surface area contributed by atoms with E-state index in [9.17, 15) is 13.2 Å². The van der Waals surface area contributed by atoms with Crippen LogP contribution in [-0.4, -0.2) is 31.7 Å². The molecule has 4 rings (SSSR count). The Bertz CT molecular complexity index is 1120. The lowest BCUT2D eigenvalue weighted by molar-refractivity contribution is -0.115. The van der Waals surface area contributed by atoms with Gasteiger partial charge in [-0.3, -0.25) is 4.79 Å². The number of nitrogens with zero attached hydrogens (tertiary/aromatic N) is 1. The molecule has 6 nitrogen and oxygen atoms in total. The second-order valence-corrected chi connectivity index (χ2v) is 10.1. The van der Waals surface area contributed by atoms with Gasteiger partial charge in [0, 0.05) is 13.1 Å². The molecule has 1 N–H and O–H groups in total. The Morgan fingerprint density at radius 1 is 1.03 bits per heavy atom. The van der Waals surface area contributed by atoms with Gasteiger partial charge in [-0.2, -0.15) is 15.6 Å². The van der Waals surface area contributed by atoms with Crippen molar-refractivity contribution in [2.45, 2.75) is 30.6 Å². The van der Waals surface area contributed by atoms with E-state index in [0.29, 0.717) is 30.3 Å². The third kappa shape index (κ3) is 5.33. The number of carbonyl (C=O) groups excluding carboxylic acids is 1. The standard InChI is InChI=1S/C23H24N2O4S2/c26-23(15-18-11-14-30-17-18)24-21-16-20(31(27,28)25-12-5-2-6-13-25)9-10-22(21)29-19-7-3-1-4-8-19/h1,3-4,7-11,14,16-17H,2,5-6,12-13,15H2,(H,24,26). The lowest BCUT2D eigenvalue weighted by Crippen LogP contribution is -2.35. The Morgan fingerprint density at radius 2 is 1.81 bits per heavy atom. The summed E-state index contributed by atoms with van der Waals surface area (Å²) in [4.78, 5) is 12.8. The van der Waals surface area contributed by atoms with E-state index in [1.54, 1.807) is 18.2 Å². The minimum Gasteiger partial charge on any atom is -0.455 e. The van der Waals surface area contributed by atoms with Crippen LogP contribution >= 0.6 is 11.3 Å². The van der Waals surface area contributed by atoms with Gasteiger partial charge in [-0.15, -0.1) is 0 Å². The summed E-state index contributed by atoms with van der Waals surface area (Å²) in [5, 5.41) is 6.67. The quantitative estimate of drug-likeness (QED) is 0.549. The number of piperidine rings is 1. The highest BCUT2D eigenvalue weighted by molar-refractivity contribution is 7.89. The highest BCUT2D eigenvalue weighted by atomic mass is 32.2. The van der Waals surface area contributed by atoms with E-state index in [4.69, 9.17) is 4.74 Å². The van der Waals surface area contributed by atoms with E-state index in [1.807, 2.05) is 35.0 Å². The van der Waals surface area contributed by atoms with Crippen LogP contribution in [0.2, 0.25) is 0 Å². The van der Waals surface area contributed by atoms with Crippen LogP contribution in [0.25, 0.3) is 0 Å². The van der Waals surface area contributed by atoms with Crippen molar-refractivity contribution in [2.75, 3.05) is 18.4 Å². The van der Waals surface area contributed by atoms with E-state index in [2.05, 4.69) is 5.32 Å². The van der Waals surface area contributed by atoms with Crippen molar-refractivity contribution in [3.63, 3.8) is 0 Å². The summed E-state index contributed by atoms with van der Waals surface area (Å²) in [6, 6.07) is 15.7. The number of hydrogen-bond donors (Lipinski definition) is 1. The number of nitrogens with one attached hydrogen (secondary N) is 1. The Balaban J connectivity index is 1.63. The molecule has 0 radical (unpaired) electrons. The number of rotatable bonds is 7. The van der Waals surface area contributed by atoms with Crippen molar-refractivity contribution in [1.29, 1.82) is 0 Å². The molecule has 8 heteroatoms. The Kier molecular flexibility index (Phi) is 6.70. The van der Waals surface area contributed by atoms with Crippen molar-refractivity contribution in [1.82, 2.24) is 4.31 Å². The number of sulfonamides is 1. The second kappa shape index (κ2) is 9.64. The first-order valence-corrected chi connectivity index (χ1v) is 12.6. The molecule has 1 saturated heterocycles. The molecule has 1 fully saturated rings. The maximum absolute atomic E-state index is 13.1.